The Kier molecular flexibility index (Phi) is 6.16. The molecule has 2 rings (SSSR count). The molecule has 0 bridgehead atoms. The quantitative estimate of drug-likeness (QED) is 0.758. The average molecular weight is 347 g/mol. The van der Waals surface area contributed by atoms with E-state index in [1.807, 2.05) is 0 Å². The van der Waals surface area contributed by atoms with Gasteiger partial charge in [-0.1, -0.05) is 0 Å². The summed E-state index contributed by atoms with van der Waals surface area (Å²) in [5.41, 5.74) is 0.414. The lowest BCUT2D eigenvalue weighted by molar-refractivity contribution is -0.139. The predicted octanol–water partition coefficient (Wildman–Crippen LogP) is 1.55. The Hall–Kier alpha value is -3.29. The van der Waals surface area contributed by atoms with Gasteiger partial charge in [-0.25, -0.2) is 4.79 Å². The van der Waals surface area contributed by atoms with E-state index in [9.17, 15) is 14.4 Å². The van der Waals surface area contributed by atoms with Crippen molar-refractivity contribution < 1.29 is 33.0 Å². The first-order chi connectivity index (χ1) is 12.0. The van der Waals surface area contributed by atoms with Crippen molar-refractivity contribution in [3.63, 3.8) is 0 Å². The van der Waals surface area contributed by atoms with Crippen LogP contribution in [0.25, 0.3) is 0 Å². The van der Waals surface area contributed by atoms with Crippen molar-refractivity contribution in [2.45, 2.75) is 6.61 Å². The molecular formula is C17H17NO7. The Bertz CT molecular complexity index is 749. The molecule has 1 amide bonds. The number of methoxy groups -OCH3 is 2. The van der Waals surface area contributed by atoms with Gasteiger partial charge in [0.1, 0.15) is 24.7 Å². The first-order valence-electron chi connectivity index (χ1n) is 7.28. The molecule has 0 spiro atoms. The minimum absolute atomic E-state index is 0.0588. The van der Waals surface area contributed by atoms with Crippen LogP contribution in [0.15, 0.2) is 40.8 Å². The highest BCUT2D eigenvalue weighted by atomic mass is 16.5. The maximum atomic E-state index is 11.8. The third-order valence-electron chi connectivity index (χ3n) is 3.16. The van der Waals surface area contributed by atoms with Crippen molar-refractivity contribution in [3.8, 4) is 5.75 Å². The predicted molar refractivity (Wildman–Crippen MR) is 85.2 cm³/mol. The van der Waals surface area contributed by atoms with E-state index < -0.39 is 17.8 Å². The average Bonchev–Trinajstić information content (AvgIpc) is 3.13. The van der Waals surface area contributed by atoms with Crippen LogP contribution in [-0.4, -0.2) is 38.6 Å². The number of rotatable bonds is 7. The molecule has 2 aromatic rings. The molecule has 0 aliphatic carbocycles. The van der Waals surface area contributed by atoms with Gasteiger partial charge in [-0.3, -0.25) is 9.59 Å². The van der Waals surface area contributed by atoms with Crippen LogP contribution in [0.4, 0.5) is 0 Å². The van der Waals surface area contributed by atoms with E-state index in [0.717, 1.165) is 0 Å². The van der Waals surface area contributed by atoms with Crippen LogP contribution in [0.3, 0.4) is 0 Å². The normalized spacial score (nSPS) is 10.0. The zero-order valence-corrected chi connectivity index (χ0v) is 13.7. The summed E-state index contributed by atoms with van der Waals surface area (Å²) in [5, 5.41) is 2.37. The van der Waals surface area contributed by atoms with Crippen molar-refractivity contribution in [3.05, 3.63) is 53.5 Å². The number of hydrogen-bond acceptors (Lipinski definition) is 7. The van der Waals surface area contributed by atoms with Crippen LogP contribution >= 0.6 is 0 Å². The van der Waals surface area contributed by atoms with Crippen molar-refractivity contribution in [2.24, 2.45) is 0 Å². The number of hydrogen-bond donors (Lipinski definition) is 1. The fourth-order valence-electron chi connectivity index (χ4n) is 1.85. The summed E-state index contributed by atoms with van der Waals surface area (Å²) in [6.07, 6.45) is 0. The summed E-state index contributed by atoms with van der Waals surface area (Å²) in [7, 11) is 2.54. The maximum absolute atomic E-state index is 11.8. The molecule has 0 radical (unpaired) electrons. The topological polar surface area (TPSA) is 104 Å². The van der Waals surface area contributed by atoms with Crippen LogP contribution < -0.4 is 10.1 Å². The summed E-state index contributed by atoms with van der Waals surface area (Å²) in [4.78, 5) is 34.1. The maximum Gasteiger partial charge on any atom is 0.337 e. The van der Waals surface area contributed by atoms with Crippen LogP contribution in [0.5, 0.6) is 5.75 Å². The van der Waals surface area contributed by atoms with Gasteiger partial charge in [0.15, 0.2) is 5.76 Å². The van der Waals surface area contributed by atoms with Crippen LogP contribution in [-0.2, 0) is 20.9 Å². The molecule has 0 fully saturated rings. The van der Waals surface area contributed by atoms with Crippen molar-refractivity contribution in [2.75, 3.05) is 20.8 Å². The minimum Gasteiger partial charge on any atom is -0.486 e. The molecule has 132 valence electrons. The molecule has 0 aliphatic heterocycles. The lowest BCUT2D eigenvalue weighted by atomic mass is 10.2. The molecule has 1 heterocycles. The highest BCUT2D eigenvalue weighted by Gasteiger charge is 2.13. The van der Waals surface area contributed by atoms with E-state index >= 15 is 0 Å². The monoisotopic (exact) mass is 347 g/mol. The van der Waals surface area contributed by atoms with Gasteiger partial charge in [-0.05, 0) is 36.4 Å². The zero-order valence-electron chi connectivity index (χ0n) is 13.7. The number of nitrogens with one attached hydrogen (secondary N) is 1. The molecule has 1 N–H and O–H groups in total. The molecule has 0 atom stereocenters. The lowest BCUT2D eigenvalue weighted by Crippen LogP contribution is -2.29. The van der Waals surface area contributed by atoms with E-state index in [-0.39, 0.29) is 18.9 Å². The van der Waals surface area contributed by atoms with E-state index in [1.54, 1.807) is 30.3 Å². The van der Waals surface area contributed by atoms with Crippen molar-refractivity contribution >= 4 is 17.8 Å². The first kappa shape index (κ1) is 18.1. The number of carbonyl (C=O) groups is 3. The van der Waals surface area contributed by atoms with E-state index in [4.69, 9.17) is 9.15 Å². The van der Waals surface area contributed by atoms with Crippen LogP contribution in [0, 0.1) is 0 Å². The van der Waals surface area contributed by atoms with Gasteiger partial charge in [0.2, 0.25) is 0 Å². The lowest BCUT2D eigenvalue weighted by Gasteiger charge is -2.05. The third-order valence-corrected chi connectivity index (χ3v) is 3.16. The van der Waals surface area contributed by atoms with E-state index in [0.29, 0.717) is 17.1 Å². The smallest absolute Gasteiger partial charge is 0.337 e. The summed E-state index contributed by atoms with van der Waals surface area (Å²) >= 11 is 0. The molecule has 1 aromatic heterocycles. The van der Waals surface area contributed by atoms with Gasteiger partial charge in [-0.15, -0.1) is 0 Å². The van der Waals surface area contributed by atoms with Crippen molar-refractivity contribution in [1.82, 2.24) is 5.32 Å². The number of carbonyl (C=O) groups excluding carboxylic acids is 3. The number of furan rings is 1. The number of benzene rings is 1. The molecule has 0 saturated carbocycles. The van der Waals surface area contributed by atoms with Gasteiger partial charge in [-0.2, -0.15) is 0 Å². The Labute approximate surface area is 143 Å². The Balaban J connectivity index is 1.87. The fraction of sp³-hybridized carbons (Fsp3) is 0.235. The molecule has 8 nitrogen and oxygen atoms in total. The minimum atomic E-state index is -0.557. The summed E-state index contributed by atoms with van der Waals surface area (Å²) < 4.78 is 19.9. The number of ether oxygens (including phenoxy) is 3. The highest BCUT2D eigenvalue weighted by molar-refractivity contribution is 5.93. The molecule has 0 aliphatic rings. The third kappa shape index (κ3) is 5.10. The van der Waals surface area contributed by atoms with Crippen molar-refractivity contribution in [1.29, 1.82) is 0 Å². The van der Waals surface area contributed by atoms with Gasteiger partial charge in [0.05, 0.1) is 19.8 Å². The van der Waals surface area contributed by atoms with Gasteiger partial charge in [0, 0.05) is 0 Å². The Morgan fingerprint density at radius 1 is 1.00 bits per heavy atom. The Morgan fingerprint density at radius 3 is 2.36 bits per heavy atom. The van der Waals surface area contributed by atoms with Gasteiger partial charge in [0.25, 0.3) is 5.91 Å². The summed E-state index contributed by atoms with van der Waals surface area (Å²) in [5.74, 6) is -0.498. The molecule has 8 heteroatoms. The van der Waals surface area contributed by atoms with Gasteiger partial charge >= 0.3 is 11.9 Å². The molecular weight excluding hydrogens is 330 g/mol. The van der Waals surface area contributed by atoms with Crippen LogP contribution in [0.2, 0.25) is 0 Å². The largest absolute Gasteiger partial charge is 0.486 e. The molecule has 1 aromatic carbocycles. The summed E-state index contributed by atoms with van der Waals surface area (Å²) in [6, 6.07) is 9.48. The molecule has 0 unspecified atom stereocenters. The van der Waals surface area contributed by atoms with Crippen LogP contribution in [0.1, 0.15) is 26.7 Å². The molecule has 0 saturated heterocycles. The van der Waals surface area contributed by atoms with E-state index in [1.165, 1.54) is 20.3 Å². The second kappa shape index (κ2) is 8.53. The zero-order chi connectivity index (χ0) is 18.2. The number of esters is 2. The SMILES string of the molecule is COC(=O)CNC(=O)c1ccc(COc2ccc(C(=O)OC)cc2)o1. The summed E-state index contributed by atoms with van der Waals surface area (Å²) in [6.45, 7) is -0.143. The second-order valence-corrected chi connectivity index (χ2v) is 4.83. The standard InChI is InChI=1S/C17H17NO7/c1-22-15(19)9-18-16(20)14-8-7-13(25-14)10-24-12-5-3-11(4-6-12)17(21)23-2/h3-8H,9-10H2,1-2H3,(H,18,20). The first-order valence-corrected chi connectivity index (χ1v) is 7.28. The highest BCUT2D eigenvalue weighted by Crippen LogP contribution is 2.16. The fourth-order valence-corrected chi connectivity index (χ4v) is 1.85. The molecule has 25 heavy (non-hydrogen) atoms. The van der Waals surface area contributed by atoms with E-state index in [2.05, 4.69) is 14.8 Å². The second-order valence-electron chi connectivity index (χ2n) is 4.83. The number of amides is 1. The van der Waals surface area contributed by atoms with Gasteiger partial charge < -0.3 is 23.9 Å². The Morgan fingerprint density at radius 2 is 1.72 bits per heavy atom.